The topological polar surface area (TPSA) is 66.4 Å². The van der Waals surface area contributed by atoms with Crippen LogP contribution in [0.1, 0.15) is 25.3 Å². The summed E-state index contributed by atoms with van der Waals surface area (Å²) < 4.78 is 0. The molecule has 19 heavy (non-hydrogen) atoms. The number of rotatable bonds is 7. The standard InChI is InChI=1S/C14H19NO3S/c1-10-5-7-12(8-6-10)15-14(18)11(2)19-9-3-4-13(16)17/h5-8,11H,3-4,9H2,1-2H3,(H,15,18)(H,16,17). The number of anilines is 1. The summed E-state index contributed by atoms with van der Waals surface area (Å²) in [5.41, 5.74) is 1.93. The number of thioether (sulfide) groups is 1. The van der Waals surface area contributed by atoms with E-state index in [1.54, 1.807) is 0 Å². The summed E-state index contributed by atoms with van der Waals surface area (Å²) in [7, 11) is 0. The maximum Gasteiger partial charge on any atom is 0.303 e. The lowest BCUT2D eigenvalue weighted by atomic mass is 10.2. The lowest BCUT2D eigenvalue weighted by Gasteiger charge is -2.11. The molecule has 0 heterocycles. The first-order chi connectivity index (χ1) is 8.99. The number of benzene rings is 1. The number of carbonyl (C=O) groups is 2. The Balaban J connectivity index is 2.32. The molecule has 0 aliphatic carbocycles. The molecule has 0 spiro atoms. The summed E-state index contributed by atoms with van der Waals surface area (Å²) in [6.07, 6.45) is 0.738. The van der Waals surface area contributed by atoms with Crippen molar-refractivity contribution in [3.8, 4) is 0 Å². The van der Waals surface area contributed by atoms with E-state index in [4.69, 9.17) is 5.11 Å². The first-order valence-electron chi connectivity index (χ1n) is 6.20. The number of aliphatic carboxylic acids is 1. The van der Waals surface area contributed by atoms with Crippen LogP contribution in [-0.2, 0) is 9.59 Å². The number of hydrogen-bond acceptors (Lipinski definition) is 3. The van der Waals surface area contributed by atoms with Crippen LogP contribution in [0.4, 0.5) is 5.69 Å². The average molecular weight is 281 g/mol. The van der Waals surface area contributed by atoms with Gasteiger partial charge in [-0.15, -0.1) is 11.8 Å². The van der Waals surface area contributed by atoms with Crippen molar-refractivity contribution >= 4 is 29.3 Å². The Hall–Kier alpha value is -1.49. The Morgan fingerprint density at radius 3 is 2.53 bits per heavy atom. The van der Waals surface area contributed by atoms with E-state index < -0.39 is 5.97 Å². The predicted octanol–water partition coefficient (Wildman–Crippen LogP) is 2.92. The van der Waals surface area contributed by atoms with Crippen LogP contribution in [0, 0.1) is 6.92 Å². The van der Waals surface area contributed by atoms with Crippen LogP contribution < -0.4 is 5.32 Å². The normalized spacial score (nSPS) is 11.9. The molecular weight excluding hydrogens is 262 g/mol. The Kier molecular flexibility index (Phi) is 6.42. The fourth-order valence-electron chi connectivity index (χ4n) is 1.44. The van der Waals surface area contributed by atoms with E-state index in [9.17, 15) is 9.59 Å². The van der Waals surface area contributed by atoms with E-state index in [1.807, 2.05) is 38.1 Å². The average Bonchev–Trinajstić information content (AvgIpc) is 2.36. The van der Waals surface area contributed by atoms with Gasteiger partial charge in [0.25, 0.3) is 0 Å². The third kappa shape index (κ3) is 6.29. The van der Waals surface area contributed by atoms with E-state index >= 15 is 0 Å². The monoisotopic (exact) mass is 281 g/mol. The molecule has 2 N–H and O–H groups in total. The van der Waals surface area contributed by atoms with Gasteiger partial charge in [-0.3, -0.25) is 9.59 Å². The SMILES string of the molecule is Cc1ccc(NC(=O)C(C)SCCCC(=O)O)cc1. The lowest BCUT2D eigenvalue weighted by Crippen LogP contribution is -2.22. The minimum Gasteiger partial charge on any atom is -0.481 e. The second kappa shape index (κ2) is 7.84. The van der Waals surface area contributed by atoms with Crippen molar-refractivity contribution in [2.24, 2.45) is 0 Å². The van der Waals surface area contributed by atoms with Gasteiger partial charge in [0, 0.05) is 12.1 Å². The first kappa shape index (κ1) is 15.6. The van der Waals surface area contributed by atoms with Crippen LogP contribution in [-0.4, -0.2) is 28.0 Å². The Labute approximate surface area is 117 Å². The van der Waals surface area contributed by atoms with E-state index in [-0.39, 0.29) is 17.6 Å². The van der Waals surface area contributed by atoms with Crippen LogP contribution >= 0.6 is 11.8 Å². The molecule has 0 aliphatic heterocycles. The smallest absolute Gasteiger partial charge is 0.303 e. The summed E-state index contributed by atoms with van der Waals surface area (Å²) >= 11 is 1.47. The number of hydrogen-bond donors (Lipinski definition) is 2. The molecule has 1 aromatic carbocycles. The van der Waals surface area contributed by atoms with Crippen LogP contribution in [0.2, 0.25) is 0 Å². The number of carbonyl (C=O) groups excluding carboxylic acids is 1. The third-order valence-electron chi connectivity index (χ3n) is 2.59. The molecule has 0 aliphatic rings. The molecule has 0 saturated heterocycles. The Morgan fingerprint density at radius 2 is 1.95 bits per heavy atom. The van der Waals surface area contributed by atoms with Gasteiger partial charge in [-0.25, -0.2) is 0 Å². The van der Waals surface area contributed by atoms with Gasteiger partial charge >= 0.3 is 5.97 Å². The van der Waals surface area contributed by atoms with Crippen molar-refractivity contribution in [2.45, 2.75) is 31.9 Å². The van der Waals surface area contributed by atoms with Gasteiger partial charge in [-0.1, -0.05) is 17.7 Å². The fraction of sp³-hybridized carbons (Fsp3) is 0.429. The molecule has 1 unspecified atom stereocenters. The number of amides is 1. The largest absolute Gasteiger partial charge is 0.481 e. The Bertz CT molecular complexity index is 431. The van der Waals surface area contributed by atoms with Gasteiger partial charge in [-0.05, 0) is 38.2 Å². The molecule has 0 fully saturated rings. The van der Waals surface area contributed by atoms with Crippen molar-refractivity contribution < 1.29 is 14.7 Å². The molecule has 1 rings (SSSR count). The molecule has 0 saturated carbocycles. The molecule has 0 aromatic heterocycles. The summed E-state index contributed by atoms with van der Waals surface area (Å²) in [4.78, 5) is 22.2. The van der Waals surface area contributed by atoms with Crippen molar-refractivity contribution in [2.75, 3.05) is 11.1 Å². The van der Waals surface area contributed by atoms with Gasteiger partial charge in [0.1, 0.15) is 0 Å². The maximum absolute atomic E-state index is 11.9. The van der Waals surface area contributed by atoms with Crippen LogP contribution in [0.15, 0.2) is 24.3 Å². The van der Waals surface area contributed by atoms with Gasteiger partial charge in [0.15, 0.2) is 0 Å². The molecule has 1 aromatic rings. The van der Waals surface area contributed by atoms with Crippen molar-refractivity contribution in [3.05, 3.63) is 29.8 Å². The molecular formula is C14H19NO3S. The van der Waals surface area contributed by atoms with Gasteiger partial charge < -0.3 is 10.4 Å². The van der Waals surface area contributed by atoms with Crippen molar-refractivity contribution in [3.63, 3.8) is 0 Å². The second-order valence-electron chi connectivity index (χ2n) is 4.37. The molecule has 0 bridgehead atoms. The molecule has 1 amide bonds. The zero-order valence-corrected chi connectivity index (χ0v) is 12.0. The highest BCUT2D eigenvalue weighted by Gasteiger charge is 2.13. The number of carboxylic acid groups (broad SMARTS) is 1. The number of aryl methyl sites for hydroxylation is 1. The van der Waals surface area contributed by atoms with Gasteiger partial charge in [0.05, 0.1) is 5.25 Å². The van der Waals surface area contributed by atoms with Crippen molar-refractivity contribution in [1.29, 1.82) is 0 Å². The zero-order chi connectivity index (χ0) is 14.3. The quantitative estimate of drug-likeness (QED) is 0.754. The van der Waals surface area contributed by atoms with Crippen LogP contribution in [0.5, 0.6) is 0 Å². The van der Waals surface area contributed by atoms with Crippen LogP contribution in [0.25, 0.3) is 0 Å². The summed E-state index contributed by atoms with van der Waals surface area (Å²) in [6, 6.07) is 7.63. The maximum atomic E-state index is 11.9. The molecule has 4 nitrogen and oxygen atoms in total. The minimum atomic E-state index is -0.794. The third-order valence-corrected chi connectivity index (χ3v) is 3.83. The molecule has 5 heteroatoms. The van der Waals surface area contributed by atoms with Crippen LogP contribution in [0.3, 0.4) is 0 Å². The molecule has 104 valence electrons. The summed E-state index contributed by atoms with van der Waals surface area (Å²) in [6.45, 7) is 3.82. The zero-order valence-electron chi connectivity index (χ0n) is 11.2. The first-order valence-corrected chi connectivity index (χ1v) is 7.25. The predicted molar refractivity (Wildman–Crippen MR) is 78.6 cm³/mol. The van der Waals surface area contributed by atoms with E-state index in [2.05, 4.69) is 5.32 Å². The van der Waals surface area contributed by atoms with Gasteiger partial charge in [-0.2, -0.15) is 0 Å². The Morgan fingerprint density at radius 1 is 1.32 bits per heavy atom. The summed E-state index contributed by atoms with van der Waals surface area (Å²) in [5.74, 6) is -0.170. The highest BCUT2D eigenvalue weighted by molar-refractivity contribution is 8.00. The van der Waals surface area contributed by atoms with Crippen molar-refractivity contribution in [1.82, 2.24) is 0 Å². The second-order valence-corrected chi connectivity index (χ2v) is 5.81. The molecule has 0 radical (unpaired) electrons. The number of carboxylic acids is 1. The van der Waals surface area contributed by atoms with E-state index in [0.29, 0.717) is 12.2 Å². The summed E-state index contributed by atoms with van der Waals surface area (Å²) in [5, 5.41) is 11.2. The van der Waals surface area contributed by atoms with E-state index in [1.165, 1.54) is 11.8 Å². The minimum absolute atomic E-state index is 0.0517. The number of nitrogens with one attached hydrogen (secondary N) is 1. The fourth-order valence-corrected chi connectivity index (χ4v) is 2.31. The van der Waals surface area contributed by atoms with E-state index in [0.717, 1.165) is 11.3 Å². The van der Waals surface area contributed by atoms with Gasteiger partial charge in [0.2, 0.25) is 5.91 Å². The molecule has 1 atom stereocenters. The lowest BCUT2D eigenvalue weighted by molar-refractivity contribution is -0.137. The highest BCUT2D eigenvalue weighted by atomic mass is 32.2. The highest BCUT2D eigenvalue weighted by Crippen LogP contribution is 2.16.